The average molecular weight is 399 g/mol. The quantitative estimate of drug-likeness (QED) is 0.541. The van der Waals surface area contributed by atoms with Crippen molar-refractivity contribution in [3.8, 4) is 0 Å². The Morgan fingerprint density at radius 3 is 2.27 bits per heavy atom. The molecule has 1 aromatic rings. The zero-order valence-electron chi connectivity index (χ0n) is 8.27. The highest BCUT2D eigenvalue weighted by Gasteiger charge is 2.32. The molecule has 1 aromatic carbocycles. The molecular weight excluding hydrogens is 388 g/mol. The molecule has 0 spiro atoms. The average Bonchev–Trinajstić information content (AvgIpc) is 2.18. The van der Waals surface area contributed by atoms with Gasteiger partial charge in [0, 0.05) is 10.9 Å². The molecule has 0 radical (unpaired) electrons. The summed E-state index contributed by atoms with van der Waals surface area (Å²) >= 11 is 10.1. The lowest BCUT2D eigenvalue weighted by Gasteiger charge is -2.17. The third-order valence-electron chi connectivity index (χ3n) is 2.05. The fraction of sp³-hybridized carbons (Fsp3) is 0.364. The largest absolute Gasteiger partial charge is 0.292 e. The van der Waals surface area contributed by atoms with Crippen LogP contribution in [-0.4, -0.2) is 14.3 Å². The topological polar surface area (TPSA) is 17.1 Å². The maximum absolute atomic E-state index is 12.1. The third-order valence-corrected chi connectivity index (χ3v) is 3.96. The van der Waals surface area contributed by atoms with E-state index < -0.39 is 3.23 Å². The van der Waals surface area contributed by atoms with Gasteiger partial charge in [0.25, 0.3) is 0 Å². The van der Waals surface area contributed by atoms with Crippen molar-refractivity contribution in [2.45, 2.75) is 16.6 Å². The number of carbonyl (C=O) groups is 1. The molecule has 0 N–H and O–H groups in total. The molecule has 1 nitrogen and oxygen atoms in total. The first-order valence-corrected chi connectivity index (χ1v) is 7.23. The molecule has 0 aliphatic carbocycles. The Morgan fingerprint density at radius 2 is 1.80 bits per heavy atom. The number of alkyl halides is 3. The summed E-state index contributed by atoms with van der Waals surface area (Å²) in [5.41, 5.74) is 1.87. The number of rotatable bonds is 4. The Balaban J connectivity index is 2.89. The predicted octanol–water partition coefficient (Wildman–Crippen LogP) is 4.45. The van der Waals surface area contributed by atoms with Gasteiger partial charge in [-0.05, 0) is 13.3 Å². The van der Waals surface area contributed by atoms with Gasteiger partial charge in [0.05, 0.1) is 0 Å². The Morgan fingerprint density at radius 1 is 1.27 bits per heavy atom. The summed E-state index contributed by atoms with van der Waals surface area (Å²) in [6.45, 7) is 2.00. The van der Waals surface area contributed by atoms with Gasteiger partial charge in [-0.15, -0.1) is 0 Å². The number of Topliss-reactive ketones (excluding diaryl/α,β-unsaturated/α-hetero) is 1. The highest BCUT2D eigenvalue weighted by atomic mass is 79.9. The van der Waals surface area contributed by atoms with Crippen molar-refractivity contribution in [2.24, 2.45) is 0 Å². The second-order valence-electron chi connectivity index (χ2n) is 3.34. The summed E-state index contributed by atoms with van der Waals surface area (Å²) in [4.78, 5) is 12.1. The number of carbonyl (C=O) groups excluding carboxylic acids is 1. The van der Waals surface area contributed by atoms with Gasteiger partial charge < -0.3 is 0 Å². The minimum Gasteiger partial charge on any atom is -0.292 e. The molecule has 0 aromatic heterocycles. The Hall–Kier alpha value is 0.330. The molecule has 0 bridgehead atoms. The van der Waals surface area contributed by atoms with Gasteiger partial charge in [0.1, 0.15) is 3.23 Å². The first-order valence-electron chi connectivity index (χ1n) is 4.52. The number of benzene rings is 1. The highest BCUT2D eigenvalue weighted by Crippen LogP contribution is 2.34. The molecule has 15 heavy (non-hydrogen) atoms. The summed E-state index contributed by atoms with van der Waals surface area (Å²) < 4.78 is -0.654. The van der Waals surface area contributed by atoms with Crippen molar-refractivity contribution in [3.05, 3.63) is 35.4 Å². The minimum absolute atomic E-state index is 0.0574. The van der Waals surface area contributed by atoms with Crippen molar-refractivity contribution in [3.63, 3.8) is 0 Å². The Kier molecular flexibility index (Phi) is 5.00. The van der Waals surface area contributed by atoms with Crippen LogP contribution in [0.1, 0.15) is 22.3 Å². The van der Waals surface area contributed by atoms with Crippen LogP contribution in [0.3, 0.4) is 0 Å². The molecule has 0 amide bonds. The first-order chi connectivity index (χ1) is 6.97. The molecule has 0 saturated carbocycles. The Bertz CT molecular complexity index is 343. The normalized spacial score (nSPS) is 11.5. The van der Waals surface area contributed by atoms with Gasteiger partial charge >= 0.3 is 0 Å². The van der Waals surface area contributed by atoms with Crippen LogP contribution >= 0.6 is 47.8 Å². The van der Waals surface area contributed by atoms with Gasteiger partial charge in [-0.2, -0.15) is 0 Å². The highest BCUT2D eigenvalue weighted by molar-refractivity contribution is 9.26. The molecule has 1 rings (SSSR count). The van der Waals surface area contributed by atoms with Crippen molar-refractivity contribution in [1.82, 2.24) is 0 Å². The van der Waals surface area contributed by atoms with Gasteiger partial charge in [-0.25, -0.2) is 0 Å². The van der Waals surface area contributed by atoms with E-state index in [4.69, 9.17) is 0 Å². The number of hydrogen-bond donors (Lipinski definition) is 0. The molecule has 0 saturated heterocycles. The molecule has 0 atom stereocenters. The number of halogens is 3. The van der Waals surface area contributed by atoms with Crippen molar-refractivity contribution < 1.29 is 4.79 Å². The van der Waals surface area contributed by atoms with Gasteiger partial charge in [0.15, 0.2) is 5.78 Å². The van der Waals surface area contributed by atoms with E-state index in [0.717, 1.165) is 16.5 Å². The van der Waals surface area contributed by atoms with Crippen LogP contribution in [0.25, 0.3) is 0 Å². The van der Waals surface area contributed by atoms with Gasteiger partial charge in [-0.3, -0.25) is 4.79 Å². The maximum atomic E-state index is 12.1. The van der Waals surface area contributed by atoms with E-state index in [1.165, 1.54) is 0 Å². The lowest BCUT2D eigenvalue weighted by Crippen LogP contribution is -2.25. The third kappa shape index (κ3) is 3.68. The molecule has 0 heterocycles. The van der Waals surface area contributed by atoms with Crippen LogP contribution in [0.4, 0.5) is 0 Å². The van der Waals surface area contributed by atoms with Crippen LogP contribution in [0.5, 0.6) is 0 Å². The molecule has 0 aliphatic rings. The maximum Gasteiger partial charge on any atom is 0.190 e. The second kappa shape index (κ2) is 5.60. The smallest absolute Gasteiger partial charge is 0.190 e. The van der Waals surface area contributed by atoms with Crippen LogP contribution in [0.15, 0.2) is 24.3 Å². The fourth-order valence-corrected chi connectivity index (χ4v) is 3.66. The van der Waals surface area contributed by atoms with Crippen LogP contribution in [-0.2, 0) is 0 Å². The lowest BCUT2D eigenvalue weighted by molar-refractivity contribution is 0.0982. The lowest BCUT2D eigenvalue weighted by atomic mass is 10.1. The molecule has 0 fully saturated rings. The summed E-state index contributed by atoms with van der Waals surface area (Å²) in [7, 11) is 0. The summed E-state index contributed by atoms with van der Waals surface area (Å²) in [5, 5.41) is 0.765. The standard InChI is InChI=1S/C11H11Br3O/c1-8-2-4-9(5-3-8)10(15)11(13,14)6-7-12/h2-5H,6-7H2,1H3. The fourth-order valence-electron chi connectivity index (χ4n) is 1.15. The van der Waals surface area contributed by atoms with E-state index >= 15 is 0 Å². The van der Waals surface area contributed by atoms with Crippen molar-refractivity contribution >= 4 is 53.6 Å². The van der Waals surface area contributed by atoms with E-state index in [-0.39, 0.29) is 5.78 Å². The van der Waals surface area contributed by atoms with Crippen LogP contribution in [0, 0.1) is 6.92 Å². The van der Waals surface area contributed by atoms with Gasteiger partial charge in [-0.1, -0.05) is 77.6 Å². The molecular formula is C11H11Br3O. The molecule has 0 aliphatic heterocycles. The van der Waals surface area contributed by atoms with Crippen molar-refractivity contribution in [2.75, 3.05) is 5.33 Å². The van der Waals surface area contributed by atoms with Crippen LogP contribution in [0.2, 0.25) is 0 Å². The number of aryl methyl sites for hydroxylation is 1. The Labute approximate surface area is 115 Å². The zero-order chi connectivity index (χ0) is 11.5. The summed E-state index contributed by atoms with van der Waals surface area (Å²) in [6, 6.07) is 7.58. The van der Waals surface area contributed by atoms with Crippen molar-refractivity contribution in [1.29, 1.82) is 0 Å². The van der Waals surface area contributed by atoms with E-state index in [0.29, 0.717) is 6.42 Å². The van der Waals surface area contributed by atoms with E-state index in [9.17, 15) is 4.79 Å². The van der Waals surface area contributed by atoms with E-state index in [1.807, 2.05) is 31.2 Å². The summed E-state index contributed by atoms with van der Waals surface area (Å²) in [6.07, 6.45) is 0.694. The van der Waals surface area contributed by atoms with Gasteiger partial charge in [0.2, 0.25) is 0 Å². The summed E-state index contributed by atoms with van der Waals surface area (Å²) in [5.74, 6) is 0.0574. The number of ketones is 1. The first kappa shape index (κ1) is 13.4. The minimum atomic E-state index is -0.654. The van der Waals surface area contributed by atoms with E-state index in [2.05, 4.69) is 47.8 Å². The molecule has 4 heteroatoms. The number of hydrogen-bond acceptors (Lipinski definition) is 1. The second-order valence-corrected chi connectivity index (χ2v) is 7.90. The van der Waals surface area contributed by atoms with E-state index in [1.54, 1.807) is 0 Å². The zero-order valence-corrected chi connectivity index (χ0v) is 13.0. The SMILES string of the molecule is Cc1ccc(C(=O)C(Br)(Br)CCBr)cc1. The predicted molar refractivity (Wildman–Crippen MR) is 74.5 cm³/mol. The monoisotopic (exact) mass is 396 g/mol. The molecule has 0 unspecified atom stereocenters. The molecule has 82 valence electrons. The van der Waals surface area contributed by atoms with Crippen LogP contribution < -0.4 is 0 Å².